The maximum Gasteiger partial charge on any atom is 0.165 e. The van der Waals surface area contributed by atoms with Gasteiger partial charge in [-0.15, -0.1) is 0 Å². The molecule has 0 bridgehead atoms. The van der Waals surface area contributed by atoms with E-state index in [1.54, 1.807) is 17.8 Å². The number of rotatable bonds is 4. The normalized spacial score (nSPS) is 11.2. The molecule has 2 heterocycles. The molecule has 0 aliphatic carbocycles. The van der Waals surface area contributed by atoms with Crippen LogP contribution in [0.5, 0.6) is 0 Å². The highest BCUT2D eigenvalue weighted by molar-refractivity contribution is 6.30. The van der Waals surface area contributed by atoms with E-state index in [-0.39, 0.29) is 0 Å². The fourth-order valence-corrected chi connectivity index (χ4v) is 3.16. The van der Waals surface area contributed by atoms with Gasteiger partial charge in [0.15, 0.2) is 5.65 Å². The van der Waals surface area contributed by atoms with E-state index in [0.717, 1.165) is 27.9 Å². The molecule has 0 atom stereocenters. The number of hydrogen-bond donors (Lipinski definition) is 1. The first-order valence-corrected chi connectivity index (χ1v) is 8.53. The van der Waals surface area contributed by atoms with Gasteiger partial charge in [0.1, 0.15) is 5.82 Å². The Morgan fingerprint density at radius 3 is 2.46 bits per heavy atom. The molecular formula is C20H17ClN4O. The van der Waals surface area contributed by atoms with Crippen molar-refractivity contribution in [3.05, 3.63) is 71.5 Å². The van der Waals surface area contributed by atoms with Gasteiger partial charge >= 0.3 is 0 Å². The average Bonchev–Trinajstić information content (AvgIpc) is 3.03. The van der Waals surface area contributed by atoms with E-state index in [2.05, 4.69) is 10.1 Å². The third kappa shape index (κ3) is 2.81. The minimum atomic E-state index is 0.378. The van der Waals surface area contributed by atoms with Crippen molar-refractivity contribution in [2.45, 2.75) is 6.61 Å². The van der Waals surface area contributed by atoms with E-state index in [9.17, 15) is 0 Å². The van der Waals surface area contributed by atoms with Crippen LogP contribution in [0.3, 0.4) is 0 Å². The Bertz CT molecular complexity index is 1060. The van der Waals surface area contributed by atoms with Crippen LogP contribution in [0.25, 0.3) is 27.9 Å². The van der Waals surface area contributed by atoms with E-state index >= 15 is 0 Å². The van der Waals surface area contributed by atoms with Crippen LogP contribution >= 0.6 is 11.6 Å². The number of fused-ring (bicyclic) bond motifs is 1. The molecule has 2 aromatic heterocycles. The summed E-state index contributed by atoms with van der Waals surface area (Å²) in [6.45, 7) is 0.378. The first kappa shape index (κ1) is 16.6. The first-order valence-electron chi connectivity index (χ1n) is 8.15. The Morgan fingerprint density at radius 2 is 1.77 bits per heavy atom. The Morgan fingerprint density at radius 1 is 1.04 bits per heavy atom. The predicted molar refractivity (Wildman–Crippen MR) is 104 cm³/mol. The van der Waals surface area contributed by atoms with Gasteiger partial charge in [0.2, 0.25) is 0 Å². The van der Waals surface area contributed by atoms with Gasteiger partial charge in [0.05, 0.1) is 17.9 Å². The SMILES string of the molecule is COCc1nn2c(N)c(-c3ccc(Cl)cc3)cnc2c1-c1ccccc1. The lowest BCUT2D eigenvalue weighted by molar-refractivity contribution is 0.181. The number of hydrogen-bond acceptors (Lipinski definition) is 4. The summed E-state index contributed by atoms with van der Waals surface area (Å²) in [5.74, 6) is 0.525. The molecule has 0 aliphatic rings. The van der Waals surface area contributed by atoms with Gasteiger partial charge in [-0.3, -0.25) is 0 Å². The third-order valence-electron chi connectivity index (χ3n) is 4.25. The van der Waals surface area contributed by atoms with Crippen molar-refractivity contribution in [3.63, 3.8) is 0 Å². The summed E-state index contributed by atoms with van der Waals surface area (Å²) < 4.78 is 7.01. The minimum Gasteiger partial charge on any atom is -0.383 e. The summed E-state index contributed by atoms with van der Waals surface area (Å²) in [5.41, 5.74) is 11.6. The van der Waals surface area contributed by atoms with Gasteiger partial charge in [-0.1, -0.05) is 54.1 Å². The van der Waals surface area contributed by atoms with Crippen molar-refractivity contribution in [1.29, 1.82) is 0 Å². The number of halogens is 1. The molecule has 130 valence electrons. The van der Waals surface area contributed by atoms with E-state index in [1.165, 1.54) is 0 Å². The van der Waals surface area contributed by atoms with Crippen LogP contribution in [0.2, 0.25) is 5.02 Å². The van der Waals surface area contributed by atoms with Crippen molar-refractivity contribution in [1.82, 2.24) is 14.6 Å². The zero-order valence-corrected chi connectivity index (χ0v) is 14.9. The Kier molecular flexibility index (Phi) is 4.32. The quantitative estimate of drug-likeness (QED) is 0.581. The molecule has 0 radical (unpaired) electrons. The summed E-state index contributed by atoms with van der Waals surface area (Å²) in [6, 6.07) is 17.5. The van der Waals surface area contributed by atoms with Crippen LogP contribution in [0.1, 0.15) is 5.69 Å². The summed E-state index contributed by atoms with van der Waals surface area (Å²) >= 11 is 5.98. The number of nitrogens with zero attached hydrogens (tertiary/aromatic N) is 3. The van der Waals surface area contributed by atoms with Gasteiger partial charge < -0.3 is 10.5 Å². The number of aromatic nitrogens is 3. The molecule has 0 saturated carbocycles. The molecule has 0 unspecified atom stereocenters. The number of ether oxygens (including phenoxy) is 1. The lowest BCUT2D eigenvalue weighted by atomic mass is 10.1. The largest absolute Gasteiger partial charge is 0.383 e. The number of benzene rings is 2. The fraction of sp³-hybridized carbons (Fsp3) is 0.100. The zero-order valence-electron chi connectivity index (χ0n) is 14.2. The average molecular weight is 365 g/mol. The van der Waals surface area contributed by atoms with Crippen LogP contribution in [-0.4, -0.2) is 21.7 Å². The highest BCUT2D eigenvalue weighted by atomic mass is 35.5. The third-order valence-corrected chi connectivity index (χ3v) is 4.50. The second-order valence-corrected chi connectivity index (χ2v) is 6.36. The first-order chi connectivity index (χ1) is 12.7. The van der Waals surface area contributed by atoms with Gasteiger partial charge in [-0.25, -0.2) is 4.98 Å². The summed E-state index contributed by atoms with van der Waals surface area (Å²) in [6.07, 6.45) is 1.78. The molecule has 0 amide bonds. The predicted octanol–water partition coefficient (Wildman–Crippen LogP) is 4.45. The maximum absolute atomic E-state index is 6.43. The molecule has 0 spiro atoms. The van der Waals surface area contributed by atoms with Crippen LogP contribution in [0.15, 0.2) is 60.8 Å². The molecule has 2 N–H and O–H groups in total. The van der Waals surface area contributed by atoms with E-state index < -0.39 is 0 Å². The number of methoxy groups -OCH3 is 1. The van der Waals surface area contributed by atoms with Crippen molar-refractivity contribution < 1.29 is 4.74 Å². The molecule has 0 saturated heterocycles. The van der Waals surface area contributed by atoms with Crippen LogP contribution in [0.4, 0.5) is 5.82 Å². The minimum absolute atomic E-state index is 0.378. The van der Waals surface area contributed by atoms with Crippen LogP contribution < -0.4 is 5.73 Å². The van der Waals surface area contributed by atoms with Gasteiger partial charge in [-0.05, 0) is 23.3 Å². The van der Waals surface area contributed by atoms with Crippen molar-refractivity contribution in [2.75, 3.05) is 12.8 Å². The van der Waals surface area contributed by atoms with Gasteiger partial charge in [0.25, 0.3) is 0 Å². The van der Waals surface area contributed by atoms with E-state index in [4.69, 9.17) is 22.1 Å². The molecule has 4 aromatic rings. The summed E-state index contributed by atoms with van der Waals surface area (Å²) in [5, 5.41) is 5.34. The molecule has 5 nitrogen and oxygen atoms in total. The highest BCUT2D eigenvalue weighted by Gasteiger charge is 2.19. The lowest BCUT2D eigenvalue weighted by Gasteiger charge is -2.08. The molecule has 26 heavy (non-hydrogen) atoms. The molecule has 2 aromatic carbocycles. The Hall–Kier alpha value is -2.89. The van der Waals surface area contributed by atoms with Gasteiger partial charge in [0, 0.05) is 23.9 Å². The summed E-state index contributed by atoms with van der Waals surface area (Å²) in [4.78, 5) is 4.65. The molecule has 0 aliphatic heterocycles. The van der Waals surface area contributed by atoms with E-state index in [0.29, 0.717) is 23.1 Å². The van der Waals surface area contributed by atoms with E-state index in [1.807, 2.05) is 54.6 Å². The molecule has 6 heteroatoms. The molecule has 0 fully saturated rings. The zero-order chi connectivity index (χ0) is 18.1. The monoisotopic (exact) mass is 364 g/mol. The van der Waals surface area contributed by atoms with Crippen molar-refractivity contribution >= 4 is 23.1 Å². The fourth-order valence-electron chi connectivity index (χ4n) is 3.04. The number of nitrogen functional groups attached to an aromatic ring is 1. The number of nitrogens with two attached hydrogens (primary N) is 1. The van der Waals surface area contributed by atoms with Crippen molar-refractivity contribution in [3.8, 4) is 22.3 Å². The van der Waals surface area contributed by atoms with Crippen LogP contribution in [0, 0.1) is 0 Å². The Balaban J connectivity index is 1.94. The topological polar surface area (TPSA) is 65.4 Å². The second-order valence-electron chi connectivity index (χ2n) is 5.92. The second kappa shape index (κ2) is 6.78. The highest BCUT2D eigenvalue weighted by Crippen LogP contribution is 2.32. The summed E-state index contributed by atoms with van der Waals surface area (Å²) in [7, 11) is 1.65. The Labute approximate surface area is 156 Å². The lowest BCUT2D eigenvalue weighted by Crippen LogP contribution is -2.03. The van der Waals surface area contributed by atoms with Crippen LogP contribution in [-0.2, 0) is 11.3 Å². The molecule has 4 rings (SSSR count). The number of anilines is 1. The molecular weight excluding hydrogens is 348 g/mol. The van der Waals surface area contributed by atoms with Gasteiger partial charge in [-0.2, -0.15) is 9.61 Å². The standard InChI is InChI=1S/C20H17ClN4O/c1-26-12-17-18(14-5-3-2-4-6-14)20-23-11-16(19(22)25(20)24-17)13-7-9-15(21)10-8-13/h2-11H,12,22H2,1H3. The smallest absolute Gasteiger partial charge is 0.165 e. The maximum atomic E-state index is 6.43. The van der Waals surface area contributed by atoms with Crippen molar-refractivity contribution in [2.24, 2.45) is 0 Å².